The molecule has 0 unspecified atom stereocenters. The Morgan fingerprint density at radius 1 is 1.10 bits per heavy atom. The van der Waals surface area contributed by atoms with E-state index in [-0.39, 0.29) is 11.6 Å². The standard InChI is InChI=1S/C15H14N2O3/c1-2-11-3-5-12(6-4-11)15(18)16-13-7-9-14(10-8-13)17(19)20/h3-10H,2H2,1H3,(H,16,18). The number of nitro benzene ring substituents is 1. The van der Waals surface area contributed by atoms with E-state index in [0.717, 1.165) is 12.0 Å². The van der Waals surface area contributed by atoms with Crippen molar-refractivity contribution in [1.82, 2.24) is 0 Å². The van der Waals surface area contributed by atoms with Crippen LogP contribution in [-0.4, -0.2) is 10.8 Å². The average molecular weight is 270 g/mol. The maximum atomic E-state index is 12.0. The van der Waals surface area contributed by atoms with Gasteiger partial charge in [0.25, 0.3) is 11.6 Å². The summed E-state index contributed by atoms with van der Waals surface area (Å²) < 4.78 is 0. The molecule has 0 atom stereocenters. The molecular weight excluding hydrogens is 256 g/mol. The van der Waals surface area contributed by atoms with Gasteiger partial charge in [-0.3, -0.25) is 14.9 Å². The maximum absolute atomic E-state index is 12.0. The highest BCUT2D eigenvalue weighted by atomic mass is 16.6. The number of non-ortho nitro benzene ring substituents is 1. The summed E-state index contributed by atoms with van der Waals surface area (Å²) in [5.74, 6) is -0.235. The largest absolute Gasteiger partial charge is 0.322 e. The zero-order chi connectivity index (χ0) is 14.5. The molecule has 0 bridgehead atoms. The molecule has 5 heteroatoms. The molecule has 102 valence electrons. The molecule has 1 N–H and O–H groups in total. The Hall–Kier alpha value is -2.69. The number of nitrogens with zero attached hydrogens (tertiary/aromatic N) is 1. The van der Waals surface area contributed by atoms with Gasteiger partial charge in [0.1, 0.15) is 0 Å². The molecule has 0 heterocycles. The minimum Gasteiger partial charge on any atom is -0.322 e. The number of hydrogen-bond acceptors (Lipinski definition) is 3. The second kappa shape index (κ2) is 5.97. The first-order valence-corrected chi connectivity index (χ1v) is 6.25. The molecule has 0 aliphatic carbocycles. The Labute approximate surface area is 116 Å². The monoisotopic (exact) mass is 270 g/mol. The highest BCUT2D eigenvalue weighted by Gasteiger charge is 2.08. The van der Waals surface area contributed by atoms with E-state index in [1.54, 1.807) is 12.1 Å². The zero-order valence-electron chi connectivity index (χ0n) is 11.0. The Kier molecular flexibility index (Phi) is 4.10. The first-order valence-electron chi connectivity index (χ1n) is 6.25. The molecule has 0 aliphatic heterocycles. The summed E-state index contributed by atoms with van der Waals surface area (Å²) in [4.78, 5) is 22.0. The summed E-state index contributed by atoms with van der Waals surface area (Å²) >= 11 is 0. The van der Waals surface area contributed by atoms with E-state index in [9.17, 15) is 14.9 Å². The van der Waals surface area contributed by atoms with Crippen molar-refractivity contribution < 1.29 is 9.72 Å². The van der Waals surface area contributed by atoms with Crippen molar-refractivity contribution in [2.75, 3.05) is 5.32 Å². The number of amides is 1. The van der Waals surface area contributed by atoms with E-state index in [0.29, 0.717) is 11.3 Å². The van der Waals surface area contributed by atoms with Gasteiger partial charge in [-0.25, -0.2) is 0 Å². The molecular formula is C15H14N2O3. The van der Waals surface area contributed by atoms with Crippen LogP contribution in [0.25, 0.3) is 0 Å². The molecule has 0 aromatic heterocycles. The smallest absolute Gasteiger partial charge is 0.269 e. The fourth-order valence-electron chi connectivity index (χ4n) is 1.76. The molecule has 0 radical (unpaired) electrons. The van der Waals surface area contributed by atoms with Gasteiger partial charge in [0.15, 0.2) is 0 Å². The first kappa shape index (κ1) is 13.7. The van der Waals surface area contributed by atoms with E-state index in [1.807, 2.05) is 19.1 Å². The molecule has 0 saturated heterocycles. The Morgan fingerprint density at radius 2 is 1.70 bits per heavy atom. The van der Waals surface area contributed by atoms with Crippen molar-refractivity contribution in [2.45, 2.75) is 13.3 Å². The van der Waals surface area contributed by atoms with Crippen molar-refractivity contribution in [3.63, 3.8) is 0 Å². The molecule has 0 fully saturated rings. The number of anilines is 1. The van der Waals surface area contributed by atoms with Crippen LogP contribution in [0.4, 0.5) is 11.4 Å². The Bertz CT molecular complexity index is 619. The molecule has 2 rings (SSSR count). The van der Waals surface area contributed by atoms with Crippen LogP contribution in [0, 0.1) is 10.1 Å². The SMILES string of the molecule is CCc1ccc(C(=O)Nc2ccc([N+](=O)[O-])cc2)cc1. The minimum absolute atomic E-state index is 0.00435. The lowest BCUT2D eigenvalue weighted by molar-refractivity contribution is -0.384. The lowest BCUT2D eigenvalue weighted by atomic mass is 10.1. The van der Waals surface area contributed by atoms with Gasteiger partial charge in [0.2, 0.25) is 0 Å². The van der Waals surface area contributed by atoms with Crippen LogP contribution in [0.3, 0.4) is 0 Å². The third-order valence-corrected chi connectivity index (χ3v) is 2.96. The van der Waals surface area contributed by atoms with Gasteiger partial charge in [0, 0.05) is 23.4 Å². The summed E-state index contributed by atoms with van der Waals surface area (Å²) in [5.41, 5.74) is 2.24. The van der Waals surface area contributed by atoms with Gasteiger partial charge in [0.05, 0.1) is 4.92 Å². The predicted molar refractivity (Wildman–Crippen MR) is 76.9 cm³/mol. The van der Waals surface area contributed by atoms with Crippen LogP contribution < -0.4 is 5.32 Å². The minimum atomic E-state index is -0.477. The number of hydrogen-bond donors (Lipinski definition) is 1. The fourth-order valence-corrected chi connectivity index (χ4v) is 1.76. The highest BCUT2D eigenvalue weighted by molar-refractivity contribution is 6.04. The maximum Gasteiger partial charge on any atom is 0.269 e. The lowest BCUT2D eigenvalue weighted by Crippen LogP contribution is -2.11. The average Bonchev–Trinajstić information content (AvgIpc) is 2.48. The van der Waals surface area contributed by atoms with Crippen molar-refractivity contribution >= 4 is 17.3 Å². The quantitative estimate of drug-likeness (QED) is 0.683. The molecule has 2 aromatic carbocycles. The first-order chi connectivity index (χ1) is 9.60. The Morgan fingerprint density at radius 3 is 2.20 bits per heavy atom. The molecule has 20 heavy (non-hydrogen) atoms. The summed E-state index contributed by atoms with van der Waals surface area (Å²) in [6.45, 7) is 2.05. The van der Waals surface area contributed by atoms with Gasteiger partial charge in [-0.05, 0) is 36.2 Å². The van der Waals surface area contributed by atoms with Crippen molar-refractivity contribution in [3.05, 3.63) is 69.8 Å². The lowest BCUT2D eigenvalue weighted by Gasteiger charge is -2.05. The Balaban J connectivity index is 2.08. The molecule has 2 aromatic rings. The van der Waals surface area contributed by atoms with Crippen LogP contribution in [-0.2, 0) is 6.42 Å². The van der Waals surface area contributed by atoms with E-state index >= 15 is 0 Å². The van der Waals surface area contributed by atoms with Crippen LogP contribution in [0.1, 0.15) is 22.8 Å². The zero-order valence-corrected chi connectivity index (χ0v) is 11.0. The molecule has 1 amide bonds. The van der Waals surface area contributed by atoms with Gasteiger partial charge in [-0.2, -0.15) is 0 Å². The number of carbonyl (C=O) groups excluding carboxylic acids is 1. The topological polar surface area (TPSA) is 72.2 Å². The summed E-state index contributed by atoms with van der Waals surface area (Å²) in [6, 6.07) is 13.1. The summed E-state index contributed by atoms with van der Waals surface area (Å²) in [7, 11) is 0. The van der Waals surface area contributed by atoms with Gasteiger partial charge in [-0.15, -0.1) is 0 Å². The number of nitrogens with one attached hydrogen (secondary N) is 1. The third kappa shape index (κ3) is 3.20. The number of nitro groups is 1. The van der Waals surface area contributed by atoms with E-state index in [2.05, 4.69) is 5.32 Å². The van der Waals surface area contributed by atoms with Gasteiger partial charge < -0.3 is 5.32 Å². The third-order valence-electron chi connectivity index (χ3n) is 2.96. The van der Waals surface area contributed by atoms with E-state index in [4.69, 9.17) is 0 Å². The molecule has 0 aliphatic rings. The normalized spacial score (nSPS) is 10.1. The second-order valence-corrected chi connectivity index (χ2v) is 4.31. The van der Waals surface area contributed by atoms with E-state index in [1.165, 1.54) is 24.3 Å². The van der Waals surface area contributed by atoms with Crippen LogP contribution in [0.2, 0.25) is 0 Å². The second-order valence-electron chi connectivity index (χ2n) is 4.31. The molecule has 0 spiro atoms. The number of aryl methyl sites for hydroxylation is 1. The number of carbonyl (C=O) groups is 1. The predicted octanol–water partition coefficient (Wildman–Crippen LogP) is 3.41. The molecule has 0 saturated carbocycles. The van der Waals surface area contributed by atoms with E-state index < -0.39 is 4.92 Å². The van der Waals surface area contributed by atoms with Crippen molar-refractivity contribution in [3.8, 4) is 0 Å². The number of benzene rings is 2. The van der Waals surface area contributed by atoms with Gasteiger partial charge >= 0.3 is 0 Å². The summed E-state index contributed by atoms with van der Waals surface area (Å²) in [5, 5.41) is 13.2. The van der Waals surface area contributed by atoms with Crippen LogP contribution in [0.5, 0.6) is 0 Å². The van der Waals surface area contributed by atoms with Gasteiger partial charge in [-0.1, -0.05) is 19.1 Å². The van der Waals surface area contributed by atoms with Crippen molar-refractivity contribution in [2.24, 2.45) is 0 Å². The number of rotatable bonds is 4. The van der Waals surface area contributed by atoms with Crippen LogP contribution >= 0.6 is 0 Å². The fraction of sp³-hybridized carbons (Fsp3) is 0.133. The summed E-state index contributed by atoms with van der Waals surface area (Å²) in [6.07, 6.45) is 0.921. The highest BCUT2D eigenvalue weighted by Crippen LogP contribution is 2.16. The van der Waals surface area contributed by atoms with Crippen LogP contribution in [0.15, 0.2) is 48.5 Å². The van der Waals surface area contributed by atoms with Crippen molar-refractivity contribution in [1.29, 1.82) is 0 Å². The molecule has 5 nitrogen and oxygen atoms in total.